The fraction of sp³-hybridized carbons (Fsp3) is 0.974. The van der Waals surface area contributed by atoms with Crippen LogP contribution in [0.5, 0.6) is 0 Å². The summed E-state index contributed by atoms with van der Waals surface area (Å²) < 4.78 is 0. The van der Waals surface area contributed by atoms with Crippen molar-refractivity contribution in [2.24, 2.45) is 65.1 Å². The monoisotopic (exact) mass is 693 g/mol. The van der Waals surface area contributed by atoms with Gasteiger partial charge in [0.2, 0.25) is 0 Å². The minimum absolute atomic E-state index is 0.0591. The lowest BCUT2D eigenvalue weighted by Gasteiger charge is -2.50. The van der Waals surface area contributed by atoms with Crippen LogP contribution in [0.1, 0.15) is 109 Å². The van der Waals surface area contributed by atoms with Gasteiger partial charge in [-0.15, -0.1) is 0 Å². The normalized spacial score (nSPS) is 43.1. The standard InChI is InChI=1S/C38H67N3O6S/c42-16-15-24-17-27(37(47)33-11-5-2-7-29(24)33)21-41(20-25-13-14-35(45)32-10-4-1-8-30(25)32)39-38(48)40(23-44)19-26-18-28(22-43)31-9-3-6-12-34(31)36(26)46/h24-37,42-47H,1-23H2,(H,39,48). The van der Waals surface area contributed by atoms with E-state index in [1.54, 1.807) is 4.90 Å². The zero-order valence-corrected chi connectivity index (χ0v) is 30.1. The summed E-state index contributed by atoms with van der Waals surface area (Å²) in [6.07, 6.45) is 16.7. The lowest BCUT2D eigenvalue weighted by molar-refractivity contribution is -0.0831. The fourth-order valence-electron chi connectivity index (χ4n) is 12.3. The van der Waals surface area contributed by atoms with E-state index in [0.29, 0.717) is 53.7 Å². The van der Waals surface area contributed by atoms with Gasteiger partial charge in [0, 0.05) is 38.8 Å². The molecule has 14 atom stereocenters. The molecule has 0 spiro atoms. The van der Waals surface area contributed by atoms with Gasteiger partial charge >= 0.3 is 0 Å². The Labute approximate surface area is 294 Å². The van der Waals surface area contributed by atoms with Crippen LogP contribution < -0.4 is 5.43 Å². The third kappa shape index (κ3) is 8.22. The summed E-state index contributed by atoms with van der Waals surface area (Å²) in [5, 5.41) is 67.8. The highest BCUT2D eigenvalue weighted by atomic mass is 32.1. The molecule has 6 aliphatic rings. The van der Waals surface area contributed by atoms with E-state index < -0.39 is 6.10 Å². The molecule has 6 fully saturated rings. The Bertz CT molecular complexity index is 1020. The topological polar surface area (TPSA) is 140 Å². The zero-order chi connectivity index (χ0) is 33.8. The lowest BCUT2D eigenvalue weighted by Crippen LogP contribution is -2.57. The molecular weight excluding hydrogens is 627 g/mol. The molecule has 6 saturated carbocycles. The van der Waals surface area contributed by atoms with Gasteiger partial charge in [0.25, 0.3) is 0 Å². The molecule has 0 radical (unpaired) electrons. The maximum Gasteiger partial charge on any atom is 0.185 e. The van der Waals surface area contributed by atoms with Crippen LogP contribution in [0.4, 0.5) is 0 Å². The van der Waals surface area contributed by atoms with Gasteiger partial charge < -0.3 is 35.5 Å². The molecule has 14 unspecified atom stereocenters. The number of thiocarbonyl (C=S) groups is 1. The maximum absolute atomic E-state index is 11.8. The quantitative estimate of drug-likeness (QED) is 0.0970. The minimum atomic E-state index is -0.466. The number of aliphatic hydroxyl groups excluding tert-OH is 6. The van der Waals surface area contributed by atoms with Crippen molar-refractivity contribution in [2.45, 2.75) is 127 Å². The fourth-order valence-corrected chi connectivity index (χ4v) is 12.6. The third-order valence-electron chi connectivity index (χ3n) is 14.6. The van der Waals surface area contributed by atoms with Gasteiger partial charge in [0.05, 0.1) is 18.3 Å². The maximum atomic E-state index is 11.8. The van der Waals surface area contributed by atoms with Crippen molar-refractivity contribution >= 4 is 17.3 Å². The zero-order valence-electron chi connectivity index (χ0n) is 29.3. The summed E-state index contributed by atoms with van der Waals surface area (Å²) in [4.78, 5) is 1.78. The number of nitrogens with zero attached hydrogens (tertiary/aromatic N) is 2. The first kappa shape index (κ1) is 37.2. The predicted molar refractivity (Wildman–Crippen MR) is 190 cm³/mol. The number of fused-ring (bicyclic) bond motifs is 3. The van der Waals surface area contributed by atoms with Crippen molar-refractivity contribution < 1.29 is 30.6 Å². The predicted octanol–water partition coefficient (Wildman–Crippen LogP) is 3.89. The Balaban J connectivity index is 1.18. The highest BCUT2D eigenvalue weighted by molar-refractivity contribution is 7.80. The number of hydrogen-bond donors (Lipinski definition) is 7. The molecule has 7 N–H and O–H groups in total. The van der Waals surface area contributed by atoms with Gasteiger partial charge in [-0.1, -0.05) is 38.5 Å². The SMILES string of the molecule is OCCC1CC(CN(CC2CCC(O)C3CCCCC23)NC(=S)N(CO)CC2CC(CO)C3CCCCC3C2O)C(O)C2CCCCC12. The molecule has 6 aliphatic carbocycles. The van der Waals surface area contributed by atoms with E-state index in [-0.39, 0.29) is 61.7 Å². The number of hydrazine groups is 1. The van der Waals surface area contributed by atoms with Crippen LogP contribution in [0.15, 0.2) is 0 Å². The Hall–Kier alpha value is -0.590. The highest BCUT2D eigenvalue weighted by Crippen LogP contribution is 2.49. The summed E-state index contributed by atoms with van der Waals surface area (Å²) in [5.74, 6) is 3.16. The van der Waals surface area contributed by atoms with Gasteiger partial charge in [-0.3, -0.25) is 5.43 Å². The molecule has 0 aromatic heterocycles. The van der Waals surface area contributed by atoms with Crippen molar-refractivity contribution in [3.05, 3.63) is 0 Å². The van der Waals surface area contributed by atoms with Crippen molar-refractivity contribution in [1.29, 1.82) is 0 Å². The number of nitrogens with one attached hydrogen (secondary N) is 1. The van der Waals surface area contributed by atoms with Gasteiger partial charge in [-0.25, -0.2) is 5.01 Å². The number of aliphatic hydroxyl groups is 6. The lowest BCUT2D eigenvalue weighted by atomic mass is 9.60. The van der Waals surface area contributed by atoms with E-state index in [2.05, 4.69) is 10.4 Å². The molecule has 0 aromatic carbocycles. The van der Waals surface area contributed by atoms with Crippen LogP contribution in [0.25, 0.3) is 0 Å². The van der Waals surface area contributed by atoms with E-state index in [0.717, 1.165) is 90.0 Å². The van der Waals surface area contributed by atoms with Crippen LogP contribution in [0.2, 0.25) is 0 Å². The molecule has 0 saturated heterocycles. The molecule has 0 heterocycles. The first-order valence-corrected chi connectivity index (χ1v) is 20.4. The van der Waals surface area contributed by atoms with Gasteiger partial charge in [0.1, 0.15) is 6.73 Å². The first-order chi connectivity index (χ1) is 23.3. The molecule has 9 nitrogen and oxygen atoms in total. The second kappa shape index (κ2) is 17.3. The molecule has 0 aromatic rings. The van der Waals surface area contributed by atoms with Crippen molar-refractivity contribution in [3.8, 4) is 0 Å². The average molecular weight is 694 g/mol. The average Bonchev–Trinajstić information content (AvgIpc) is 3.11. The van der Waals surface area contributed by atoms with Crippen LogP contribution in [0.3, 0.4) is 0 Å². The molecule has 48 heavy (non-hydrogen) atoms. The van der Waals surface area contributed by atoms with Crippen molar-refractivity contribution in [1.82, 2.24) is 15.3 Å². The third-order valence-corrected chi connectivity index (χ3v) is 15.0. The van der Waals surface area contributed by atoms with E-state index in [4.69, 9.17) is 12.2 Å². The van der Waals surface area contributed by atoms with Crippen LogP contribution in [-0.2, 0) is 0 Å². The van der Waals surface area contributed by atoms with E-state index in [1.165, 1.54) is 25.7 Å². The van der Waals surface area contributed by atoms with Crippen LogP contribution >= 0.6 is 12.2 Å². The van der Waals surface area contributed by atoms with Crippen molar-refractivity contribution in [3.63, 3.8) is 0 Å². The molecule has 10 heteroatoms. The Morgan fingerprint density at radius 1 is 0.562 bits per heavy atom. The number of hydrogen-bond acceptors (Lipinski definition) is 8. The molecule has 276 valence electrons. The Kier molecular flexibility index (Phi) is 13.4. The van der Waals surface area contributed by atoms with Gasteiger partial charge in [0.15, 0.2) is 5.11 Å². The summed E-state index contributed by atoms with van der Waals surface area (Å²) in [5.41, 5.74) is 3.57. The Morgan fingerprint density at radius 2 is 1.06 bits per heavy atom. The van der Waals surface area contributed by atoms with Gasteiger partial charge in [-0.2, -0.15) is 0 Å². The molecule has 6 rings (SSSR count). The summed E-state index contributed by atoms with van der Waals surface area (Å²) in [6, 6.07) is 0. The van der Waals surface area contributed by atoms with E-state index in [9.17, 15) is 30.6 Å². The smallest absolute Gasteiger partial charge is 0.185 e. The first-order valence-electron chi connectivity index (χ1n) is 20.0. The van der Waals surface area contributed by atoms with Crippen LogP contribution in [0, 0.1) is 65.1 Å². The summed E-state index contributed by atoms with van der Waals surface area (Å²) >= 11 is 6.03. The Morgan fingerprint density at radius 3 is 1.65 bits per heavy atom. The molecular formula is C38H67N3O6S. The van der Waals surface area contributed by atoms with Crippen LogP contribution in [-0.4, -0.2) is 104 Å². The van der Waals surface area contributed by atoms with E-state index in [1.807, 2.05) is 0 Å². The number of rotatable bonds is 11. The summed E-state index contributed by atoms with van der Waals surface area (Å²) in [6.45, 7) is 1.93. The molecule has 0 aliphatic heterocycles. The van der Waals surface area contributed by atoms with Crippen molar-refractivity contribution in [2.75, 3.05) is 39.6 Å². The minimum Gasteiger partial charge on any atom is -0.396 e. The largest absolute Gasteiger partial charge is 0.396 e. The molecule has 0 bridgehead atoms. The van der Waals surface area contributed by atoms with Gasteiger partial charge in [-0.05, 0) is 142 Å². The van der Waals surface area contributed by atoms with E-state index >= 15 is 0 Å². The highest BCUT2D eigenvalue weighted by Gasteiger charge is 2.47. The summed E-state index contributed by atoms with van der Waals surface area (Å²) in [7, 11) is 0. The second-order valence-corrected chi connectivity index (χ2v) is 17.5. The molecule has 0 amide bonds. The second-order valence-electron chi connectivity index (χ2n) is 17.1.